The van der Waals surface area contributed by atoms with Gasteiger partial charge in [0.1, 0.15) is 0 Å². The van der Waals surface area contributed by atoms with Crippen LogP contribution in [0.5, 0.6) is 0 Å². The first-order valence-electron chi connectivity index (χ1n) is 13.4. The molecule has 4 unspecified atom stereocenters. The third-order valence-corrected chi connectivity index (χ3v) is 11.5. The number of sulfone groups is 1. The Bertz CT molecular complexity index is 1250. The summed E-state index contributed by atoms with van der Waals surface area (Å²) < 4.78 is 30.5. The molecule has 4 fully saturated rings. The summed E-state index contributed by atoms with van der Waals surface area (Å²) in [6, 6.07) is 0.459. The minimum atomic E-state index is -2.88. The highest BCUT2D eigenvalue weighted by atomic mass is 35.5. The van der Waals surface area contributed by atoms with Gasteiger partial charge >= 0.3 is 0 Å². The third kappa shape index (κ3) is 5.28. The van der Waals surface area contributed by atoms with E-state index in [0.29, 0.717) is 33.5 Å². The van der Waals surface area contributed by atoms with Crippen molar-refractivity contribution in [2.24, 2.45) is 11.3 Å². The summed E-state index contributed by atoms with van der Waals surface area (Å²) in [6.07, 6.45) is 12.3. The maximum atomic E-state index is 12.0. The monoisotopic (exact) mass is 580 g/mol. The fraction of sp³-hybridized carbons (Fsp3) is 0.654. The quantitative estimate of drug-likeness (QED) is 0.541. The molecule has 12 heteroatoms. The second kappa shape index (κ2) is 10.4. The van der Waals surface area contributed by atoms with Crippen LogP contribution in [0.25, 0.3) is 0 Å². The Kier molecular flexibility index (Phi) is 7.33. The van der Waals surface area contributed by atoms with Crippen molar-refractivity contribution in [2.45, 2.75) is 69.7 Å². The molecule has 206 valence electrons. The molecule has 1 aliphatic carbocycles. The Morgan fingerprint density at radius 3 is 2.42 bits per heavy atom. The molecule has 0 amide bonds. The van der Waals surface area contributed by atoms with E-state index < -0.39 is 9.84 Å². The van der Waals surface area contributed by atoms with Crippen LogP contribution in [0, 0.1) is 11.3 Å². The predicted octanol–water partition coefficient (Wildman–Crippen LogP) is 4.05. The van der Waals surface area contributed by atoms with E-state index in [1.807, 2.05) is 19.3 Å². The Balaban J connectivity index is 1.08. The van der Waals surface area contributed by atoms with Crippen molar-refractivity contribution in [1.82, 2.24) is 25.8 Å². The van der Waals surface area contributed by atoms with Gasteiger partial charge in [-0.2, -0.15) is 0 Å². The number of hydrogen-bond acceptors (Lipinski definition) is 9. The van der Waals surface area contributed by atoms with Crippen molar-refractivity contribution in [3.05, 3.63) is 46.0 Å². The van der Waals surface area contributed by atoms with E-state index in [0.717, 1.165) is 68.7 Å². The summed E-state index contributed by atoms with van der Waals surface area (Å²) >= 11 is 12.7. The van der Waals surface area contributed by atoms with Gasteiger partial charge in [-0.05, 0) is 56.8 Å². The van der Waals surface area contributed by atoms with Crippen molar-refractivity contribution in [2.75, 3.05) is 29.5 Å². The van der Waals surface area contributed by atoms with E-state index in [2.05, 4.69) is 20.7 Å². The molecule has 2 aromatic rings. The third-order valence-electron chi connectivity index (χ3n) is 8.99. The molecule has 38 heavy (non-hydrogen) atoms. The van der Waals surface area contributed by atoms with Crippen molar-refractivity contribution >= 4 is 39.0 Å². The van der Waals surface area contributed by atoms with Crippen LogP contribution in [0.1, 0.15) is 68.7 Å². The number of rotatable bonds is 5. The molecule has 0 bridgehead atoms. The molecule has 6 rings (SSSR count). The summed E-state index contributed by atoms with van der Waals surface area (Å²) in [6.45, 7) is 3.58. The molecule has 1 spiro atoms. The summed E-state index contributed by atoms with van der Waals surface area (Å²) in [5, 5.41) is 1.05. The van der Waals surface area contributed by atoms with Crippen LogP contribution in [0.15, 0.2) is 24.8 Å². The van der Waals surface area contributed by atoms with Crippen LogP contribution in [-0.2, 0) is 14.6 Å². The van der Waals surface area contributed by atoms with Gasteiger partial charge in [-0.1, -0.05) is 23.2 Å². The van der Waals surface area contributed by atoms with Crippen LogP contribution >= 0.6 is 23.2 Å². The SMILES string of the molecule is C[C@@H](OC1CCC2NNC(c3cnc(N4CCC5(CC4)CCS(=O)(=O)C5)nc3)C2C1)c1c(Cl)cncc1Cl. The van der Waals surface area contributed by atoms with Gasteiger partial charge in [-0.25, -0.2) is 23.8 Å². The fourth-order valence-corrected chi connectivity index (χ4v) is 9.78. The molecule has 3 saturated heterocycles. The zero-order valence-corrected chi connectivity index (χ0v) is 23.8. The highest BCUT2D eigenvalue weighted by Crippen LogP contribution is 2.43. The van der Waals surface area contributed by atoms with Crippen LogP contribution in [0.3, 0.4) is 0 Å². The van der Waals surface area contributed by atoms with Gasteiger partial charge in [0, 0.05) is 55.0 Å². The largest absolute Gasteiger partial charge is 0.370 e. The van der Waals surface area contributed by atoms with Gasteiger partial charge in [-0.15, -0.1) is 0 Å². The first-order chi connectivity index (χ1) is 18.2. The molecule has 5 heterocycles. The number of fused-ring (bicyclic) bond motifs is 1. The van der Waals surface area contributed by atoms with Crippen LogP contribution in [0.4, 0.5) is 5.95 Å². The van der Waals surface area contributed by atoms with Gasteiger partial charge in [-0.3, -0.25) is 10.4 Å². The Hall–Kier alpha value is -1.56. The number of aromatic nitrogens is 3. The van der Waals surface area contributed by atoms with Gasteiger partial charge < -0.3 is 9.64 Å². The van der Waals surface area contributed by atoms with Crippen LogP contribution in [-0.4, -0.2) is 60.1 Å². The fourth-order valence-electron chi connectivity index (χ4n) is 6.85. The van der Waals surface area contributed by atoms with Crippen molar-refractivity contribution < 1.29 is 13.2 Å². The Morgan fingerprint density at radius 1 is 1.05 bits per heavy atom. The first-order valence-corrected chi connectivity index (χ1v) is 16.0. The summed E-state index contributed by atoms with van der Waals surface area (Å²) in [5.74, 6) is 1.73. The van der Waals surface area contributed by atoms with Crippen molar-refractivity contribution in [1.29, 1.82) is 0 Å². The van der Waals surface area contributed by atoms with Gasteiger partial charge in [0.25, 0.3) is 0 Å². The normalized spacial score (nSPS) is 30.9. The number of halogens is 2. The molecular formula is C26H34Cl2N6O3S. The zero-order valence-electron chi connectivity index (χ0n) is 21.4. The number of nitrogens with zero attached hydrogens (tertiary/aromatic N) is 4. The molecule has 5 atom stereocenters. The molecule has 2 N–H and O–H groups in total. The second-order valence-corrected chi connectivity index (χ2v) is 14.4. The lowest BCUT2D eigenvalue weighted by Crippen LogP contribution is -2.41. The molecule has 1 saturated carbocycles. The van der Waals surface area contributed by atoms with Gasteiger partial charge in [0.05, 0.1) is 39.8 Å². The number of hydrogen-bond donors (Lipinski definition) is 2. The first kappa shape index (κ1) is 26.7. The molecule has 4 aliphatic rings. The number of hydrazine groups is 1. The maximum absolute atomic E-state index is 12.0. The second-order valence-electron chi connectivity index (χ2n) is 11.4. The zero-order chi connectivity index (χ0) is 26.5. The van der Waals surface area contributed by atoms with Crippen LogP contribution < -0.4 is 15.8 Å². The number of pyridine rings is 1. The predicted molar refractivity (Wildman–Crippen MR) is 147 cm³/mol. The Morgan fingerprint density at radius 2 is 1.76 bits per heavy atom. The molecule has 0 aromatic carbocycles. The molecule has 9 nitrogen and oxygen atoms in total. The lowest BCUT2D eigenvalue weighted by molar-refractivity contribution is -0.0370. The van der Waals surface area contributed by atoms with Gasteiger partial charge in [0.2, 0.25) is 5.95 Å². The van der Waals surface area contributed by atoms with E-state index in [1.54, 1.807) is 12.4 Å². The Labute approximate surface area is 234 Å². The lowest BCUT2D eigenvalue weighted by Gasteiger charge is -2.38. The van der Waals surface area contributed by atoms with E-state index in [9.17, 15) is 8.42 Å². The lowest BCUT2D eigenvalue weighted by atomic mass is 9.78. The van der Waals surface area contributed by atoms with E-state index in [4.69, 9.17) is 37.9 Å². The van der Waals surface area contributed by atoms with Gasteiger partial charge in [0.15, 0.2) is 9.84 Å². The highest BCUT2D eigenvalue weighted by Gasteiger charge is 2.45. The smallest absolute Gasteiger partial charge is 0.225 e. The molecule has 0 radical (unpaired) electrons. The molecule has 3 aliphatic heterocycles. The van der Waals surface area contributed by atoms with E-state index in [-0.39, 0.29) is 23.7 Å². The van der Waals surface area contributed by atoms with Crippen molar-refractivity contribution in [3.8, 4) is 0 Å². The number of piperidine rings is 1. The topological polar surface area (TPSA) is 109 Å². The summed E-state index contributed by atoms with van der Waals surface area (Å²) in [4.78, 5) is 15.7. The van der Waals surface area contributed by atoms with Crippen molar-refractivity contribution in [3.63, 3.8) is 0 Å². The standard InChI is InChI=1S/C26H34Cl2N6O3S/c1-16(23-20(27)13-29-14-21(23)28)37-18-2-3-22-19(10-18)24(33-32-22)17-11-30-25(31-12-17)34-7-4-26(5-8-34)6-9-38(35,36)15-26/h11-14,16,18-19,22,24,32-33H,2-10,15H2,1H3/t16-,18?,19?,22?,24?/m1/s1. The minimum Gasteiger partial charge on any atom is -0.370 e. The number of ether oxygens (including phenoxy) is 1. The average molecular weight is 582 g/mol. The summed E-state index contributed by atoms with van der Waals surface area (Å²) in [5.41, 5.74) is 8.74. The minimum absolute atomic E-state index is 0.0467. The highest BCUT2D eigenvalue weighted by molar-refractivity contribution is 7.91. The number of nitrogens with one attached hydrogen (secondary N) is 2. The molecule has 2 aromatic heterocycles. The summed E-state index contributed by atoms with van der Waals surface area (Å²) in [7, 11) is -2.88. The average Bonchev–Trinajstić information content (AvgIpc) is 3.44. The van der Waals surface area contributed by atoms with E-state index >= 15 is 0 Å². The maximum Gasteiger partial charge on any atom is 0.225 e. The molecular weight excluding hydrogens is 547 g/mol. The van der Waals surface area contributed by atoms with E-state index in [1.165, 1.54) is 0 Å². The number of anilines is 1. The van der Waals surface area contributed by atoms with Crippen LogP contribution in [0.2, 0.25) is 10.0 Å².